The molecule has 0 bridgehead atoms. The number of carbonyl (C=O) groups is 1. The average Bonchev–Trinajstić information content (AvgIpc) is 3.27. The molecule has 0 saturated carbocycles. The van der Waals surface area contributed by atoms with Gasteiger partial charge in [-0.1, -0.05) is 48.5 Å². The summed E-state index contributed by atoms with van der Waals surface area (Å²) in [5, 5.41) is 10.6. The van der Waals surface area contributed by atoms with Crippen LogP contribution in [0.25, 0.3) is 11.1 Å². The summed E-state index contributed by atoms with van der Waals surface area (Å²) in [6.07, 6.45) is 4.18. The Bertz CT molecular complexity index is 923. The SMILES string of the molecule is Cl.O=C(CC1COCCN1)NCc1ccccc1-c1ccc(Cn2cccn2)cc1. The third-order valence-corrected chi connectivity index (χ3v) is 5.09. The third-order valence-electron chi connectivity index (χ3n) is 5.09. The molecule has 6 nitrogen and oxygen atoms in total. The minimum Gasteiger partial charge on any atom is -0.378 e. The fourth-order valence-corrected chi connectivity index (χ4v) is 3.57. The van der Waals surface area contributed by atoms with Crippen molar-refractivity contribution in [2.24, 2.45) is 0 Å². The van der Waals surface area contributed by atoms with Gasteiger partial charge in [0.2, 0.25) is 5.91 Å². The highest BCUT2D eigenvalue weighted by molar-refractivity contribution is 5.85. The van der Waals surface area contributed by atoms with Crippen molar-refractivity contribution in [3.8, 4) is 11.1 Å². The molecule has 1 unspecified atom stereocenters. The Morgan fingerprint density at radius 1 is 1.17 bits per heavy atom. The van der Waals surface area contributed by atoms with Crippen molar-refractivity contribution in [3.63, 3.8) is 0 Å². The van der Waals surface area contributed by atoms with Crippen molar-refractivity contribution in [1.82, 2.24) is 20.4 Å². The van der Waals surface area contributed by atoms with Crippen LogP contribution >= 0.6 is 12.4 Å². The summed E-state index contributed by atoms with van der Waals surface area (Å²) in [7, 11) is 0. The molecule has 2 N–H and O–H groups in total. The number of halogens is 1. The van der Waals surface area contributed by atoms with Crippen molar-refractivity contribution in [1.29, 1.82) is 0 Å². The normalized spacial score (nSPS) is 15.9. The maximum Gasteiger partial charge on any atom is 0.221 e. The van der Waals surface area contributed by atoms with Gasteiger partial charge in [-0.15, -0.1) is 12.4 Å². The molecule has 1 aliphatic heterocycles. The zero-order valence-electron chi connectivity index (χ0n) is 16.8. The standard InChI is InChI=1S/C23H26N4O2.ClH/c28-23(14-21-17-29-13-11-24-21)25-15-20-4-1-2-5-22(20)19-8-6-18(7-9-19)16-27-12-3-10-26-27;/h1-10,12,21,24H,11,13-17H2,(H,25,28);1H. The maximum absolute atomic E-state index is 12.3. The highest BCUT2D eigenvalue weighted by atomic mass is 35.5. The molecular formula is C23H27ClN4O2. The molecule has 30 heavy (non-hydrogen) atoms. The number of carbonyl (C=O) groups excluding carboxylic acids is 1. The van der Waals surface area contributed by atoms with Crippen LogP contribution in [0.2, 0.25) is 0 Å². The molecule has 0 aliphatic carbocycles. The van der Waals surface area contributed by atoms with Gasteiger partial charge in [-0.25, -0.2) is 0 Å². The van der Waals surface area contributed by atoms with Crippen LogP contribution < -0.4 is 10.6 Å². The molecule has 0 radical (unpaired) electrons. The van der Waals surface area contributed by atoms with Crippen LogP contribution in [0.15, 0.2) is 67.0 Å². The van der Waals surface area contributed by atoms with Crippen LogP contribution in [0.1, 0.15) is 17.5 Å². The number of nitrogens with one attached hydrogen (secondary N) is 2. The molecule has 0 spiro atoms. The molecular weight excluding hydrogens is 400 g/mol. The van der Waals surface area contributed by atoms with E-state index in [1.54, 1.807) is 6.20 Å². The van der Waals surface area contributed by atoms with Crippen LogP contribution in [0.3, 0.4) is 0 Å². The average molecular weight is 427 g/mol. The van der Waals surface area contributed by atoms with Gasteiger partial charge < -0.3 is 15.4 Å². The van der Waals surface area contributed by atoms with Crippen LogP contribution in [0.4, 0.5) is 0 Å². The number of nitrogens with zero attached hydrogens (tertiary/aromatic N) is 2. The Morgan fingerprint density at radius 2 is 2.00 bits per heavy atom. The van der Waals surface area contributed by atoms with Crippen LogP contribution in [-0.2, 0) is 22.6 Å². The van der Waals surface area contributed by atoms with Crippen LogP contribution in [-0.4, -0.2) is 41.5 Å². The van der Waals surface area contributed by atoms with Crippen molar-refractivity contribution < 1.29 is 9.53 Å². The van der Waals surface area contributed by atoms with E-state index in [1.165, 1.54) is 5.56 Å². The molecule has 7 heteroatoms. The molecule has 4 rings (SSSR count). The Labute approximate surface area is 183 Å². The Hall–Kier alpha value is -2.67. The quantitative estimate of drug-likeness (QED) is 0.609. The fraction of sp³-hybridized carbons (Fsp3) is 0.304. The molecule has 1 saturated heterocycles. The lowest BCUT2D eigenvalue weighted by molar-refractivity contribution is -0.122. The maximum atomic E-state index is 12.3. The van der Waals surface area contributed by atoms with E-state index in [4.69, 9.17) is 4.74 Å². The second kappa shape index (κ2) is 10.9. The largest absolute Gasteiger partial charge is 0.378 e. The topological polar surface area (TPSA) is 68.2 Å². The molecule has 1 amide bonds. The molecule has 2 heterocycles. The van der Waals surface area contributed by atoms with E-state index in [0.717, 1.165) is 29.8 Å². The summed E-state index contributed by atoms with van der Waals surface area (Å²) in [4.78, 5) is 12.3. The first-order valence-electron chi connectivity index (χ1n) is 10.0. The van der Waals surface area contributed by atoms with Gasteiger partial charge in [0, 0.05) is 37.9 Å². The first-order chi connectivity index (χ1) is 14.3. The molecule has 2 aromatic carbocycles. The van der Waals surface area contributed by atoms with Gasteiger partial charge in [0.15, 0.2) is 0 Å². The zero-order valence-corrected chi connectivity index (χ0v) is 17.6. The number of rotatable bonds is 7. The lowest BCUT2D eigenvalue weighted by Gasteiger charge is -2.23. The second-order valence-corrected chi connectivity index (χ2v) is 7.26. The molecule has 1 aromatic heterocycles. The van der Waals surface area contributed by atoms with Crippen LogP contribution in [0, 0.1) is 0 Å². The van der Waals surface area contributed by atoms with E-state index in [2.05, 4.69) is 52.1 Å². The summed E-state index contributed by atoms with van der Waals surface area (Å²) in [6.45, 7) is 3.37. The highest BCUT2D eigenvalue weighted by Gasteiger charge is 2.17. The van der Waals surface area contributed by atoms with Crippen LogP contribution in [0.5, 0.6) is 0 Å². The van der Waals surface area contributed by atoms with Crippen molar-refractivity contribution >= 4 is 18.3 Å². The smallest absolute Gasteiger partial charge is 0.221 e. The summed E-state index contributed by atoms with van der Waals surface area (Å²) >= 11 is 0. The lowest BCUT2D eigenvalue weighted by Crippen LogP contribution is -2.44. The van der Waals surface area contributed by atoms with E-state index < -0.39 is 0 Å². The first-order valence-corrected chi connectivity index (χ1v) is 10.0. The van der Waals surface area contributed by atoms with E-state index in [0.29, 0.717) is 26.2 Å². The lowest BCUT2D eigenvalue weighted by atomic mass is 9.98. The van der Waals surface area contributed by atoms with E-state index in [-0.39, 0.29) is 24.4 Å². The predicted molar refractivity (Wildman–Crippen MR) is 120 cm³/mol. The summed E-state index contributed by atoms with van der Waals surface area (Å²) in [5.41, 5.74) is 4.58. The second-order valence-electron chi connectivity index (χ2n) is 7.26. The monoisotopic (exact) mass is 426 g/mol. The van der Waals surface area contributed by atoms with Crippen molar-refractivity contribution in [3.05, 3.63) is 78.1 Å². The predicted octanol–water partition coefficient (Wildman–Crippen LogP) is 3.01. The van der Waals surface area contributed by atoms with E-state index >= 15 is 0 Å². The van der Waals surface area contributed by atoms with Gasteiger partial charge in [0.25, 0.3) is 0 Å². The van der Waals surface area contributed by atoms with Gasteiger partial charge in [0.05, 0.1) is 19.8 Å². The highest BCUT2D eigenvalue weighted by Crippen LogP contribution is 2.24. The Morgan fingerprint density at radius 3 is 2.73 bits per heavy atom. The number of aromatic nitrogens is 2. The Balaban J connectivity index is 0.00000256. The molecule has 3 aromatic rings. The van der Waals surface area contributed by atoms with E-state index in [9.17, 15) is 4.79 Å². The number of ether oxygens (including phenoxy) is 1. The van der Waals surface area contributed by atoms with Gasteiger partial charge in [-0.05, 0) is 28.3 Å². The number of benzene rings is 2. The van der Waals surface area contributed by atoms with E-state index in [1.807, 2.05) is 29.1 Å². The Kier molecular flexibility index (Phi) is 8.02. The molecule has 1 aliphatic rings. The zero-order chi connectivity index (χ0) is 19.9. The number of hydrogen-bond acceptors (Lipinski definition) is 4. The minimum atomic E-state index is 0. The van der Waals surface area contributed by atoms with Crippen molar-refractivity contribution in [2.75, 3.05) is 19.8 Å². The van der Waals surface area contributed by atoms with Gasteiger partial charge >= 0.3 is 0 Å². The summed E-state index contributed by atoms with van der Waals surface area (Å²) in [5.74, 6) is 0.0392. The van der Waals surface area contributed by atoms with Crippen molar-refractivity contribution in [2.45, 2.75) is 25.6 Å². The third kappa shape index (κ3) is 5.92. The number of hydrogen-bond donors (Lipinski definition) is 2. The fourth-order valence-electron chi connectivity index (χ4n) is 3.57. The molecule has 1 fully saturated rings. The van der Waals surface area contributed by atoms with Gasteiger partial charge in [-0.2, -0.15) is 5.10 Å². The summed E-state index contributed by atoms with van der Waals surface area (Å²) in [6, 6.07) is 18.7. The molecule has 1 atom stereocenters. The number of morpholine rings is 1. The minimum absolute atomic E-state index is 0. The molecule has 158 valence electrons. The van der Waals surface area contributed by atoms with Gasteiger partial charge in [0.1, 0.15) is 0 Å². The first kappa shape index (κ1) is 22.0. The number of amides is 1. The summed E-state index contributed by atoms with van der Waals surface area (Å²) < 4.78 is 7.32. The van der Waals surface area contributed by atoms with Gasteiger partial charge in [-0.3, -0.25) is 9.48 Å².